The van der Waals surface area contributed by atoms with Crippen LogP contribution in [0.5, 0.6) is 5.75 Å². The van der Waals surface area contributed by atoms with E-state index >= 15 is 0 Å². The molecule has 2 aliphatic heterocycles. The zero-order chi connectivity index (χ0) is 17.4. The van der Waals surface area contributed by atoms with E-state index in [4.69, 9.17) is 4.74 Å². The molecule has 0 saturated carbocycles. The van der Waals surface area contributed by atoms with Crippen molar-refractivity contribution >= 4 is 15.9 Å². The van der Waals surface area contributed by atoms with E-state index in [1.807, 2.05) is 29.2 Å². The molecule has 2 fully saturated rings. The fourth-order valence-electron chi connectivity index (χ4n) is 3.67. The smallest absolute Gasteiger partial charge is 0.230 e. The zero-order valence-electron chi connectivity index (χ0n) is 14.2. The van der Waals surface area contributed by atoms with Gasteiger partial charge in [-0.15, -0.1) is 0 Å². The zero-order valence-corrected chi connectivity index (χ0v) is 15.0. The number of ether oxygens (including phenoxy) is 1. The molecule has 132 valence electrons. The van der Waals surface area contributed by atoms with Crippen molar-refractivity contribution in [2.24, 2.45) is 5.41 Å². The number of nitrogens with zero attached hydrogens (tertiary/aromatic N) is 2. The molecule has 0 radical (unpaired) electrons. The molecule has 2 aliphatic rings. The second kappa shape index (κ2) is 6.37. The number of hydrogen-bond acceptors (Lipinski definition) is 4. The quantitative estimate of drug-likeness (QED) is 0.805. The summed E-state index contributed by atoms with van der Waals surface area (Å²) >= 11 is 0. The first-order valence-electron chi connectivity index (χ1n) is 8.30. The molecule has 7 heteroatoms. The first-order valence-corrected chi connectivity index (χ1v) is 9.91. The van der Waals surface area contributed by atoms with Crippen LogP contribution in [0, 0.1) is 5.41 Å². The number of carbonyl (C=O) groups excluding carboxylic acids is 1. The standard InChI is InChI=1S/C17H24N2O4S/c1-3-24(21,22)19-10-8-17(13-19)7-9-18(16(17)20)12-14-5-4-6-15(11-14)23-2/h4-6,11H,3,7-10,12-13H2,1-2H3/t17-/m0/s1. The van der Waals surface area contributed by atoms with Crippen molar-refractivity contribution in [2.45, 2.75) is 26.3 Å². The Kier molecular flexibility index (Phi) is 4.57. The fourth-order valence-corrected chi connectivity index (χ4v) is 4.85. The van der Waals surface area contributed by atoms with Crippen molar-refractivity contribution in [1.29, 1.82) is 0 Å². The van der Waals surface area contributed by atoms with Crippen LogP contribution in [0.4, 0.5) is 0 Å². The lowest BCUT2D eigenvalue weighted by Crippen LogP contribution is -2.38. The first kappa shape index (κ1) is 17.2. The normalized spacial score (nSPS) is 24.9. The summed E-state index contributed by atoms with van der Waals surface area (Å²) < 4.78 is 30.9. The minimum absolute atomic E-state index is 0.0825. The highest BCUT2D eigenvalue weighted by molar-refractivity contribution is 7.89. The second-order valence-electron chi connectivity index (χ2n) is 6.59. The van der Waals surface area contributed by atoms with Gasteiger partial charge >= 0.3 is 0 Å². The van der Waals surface area contributed by atoms with Gasteiger partial charge in [-0.1, -0.05) is 12.1 Å². The van der Waals surface area contributed by atoms with Gasteiger partial charge in [-0.3, -0.25) is 4.79 Å². The summed E-state index contributed by atoms with van der Waals surface area (Å²) in [6.07, 6.45) is 1.35. The third-order valence-electron chi connectivity index (χ3n) is 5.19. The summed E-state index contributed by atoms with van der Waals surface area (Å²) in [5.74, 6) is 0.944. The van der Waals surface area contributed by atoms with Crippen LogP contribution in [0.2, 0.25) is 0 Å². The van der Waals surface area contributed by atoms with Crippen LogP contribution in [0.1, 0.15) is 25.3 Å². The van der Waals surface area contributed by atoms with Gasteiger partial charge < -0.3 is 9.64 Å². The van der Waals surface area contributed by atoms with E-state index in [-0.39, 0.29) is 11.7 Å². The van der Waals surface area contributed by atoms with Crippen molar-refractivity contribution in [3.63, 3.8) is 0 Å². The van der Waals surface area contributed by atoms with Crippen molar-refractivity contribution in [2.75, 3.05) is 32.5 Å². The lowest BCUT2D eigenvalue weighted by Gasteiger charge is -2.23. The second-order valence-corrected chi connectivity index (χ2v) is 8.85. The largest absolute Gasteiger partial charge is 0.497 e. The van der Waals surface area contributed by atoms with Crippen molar-refractivity contribution < 1.29 is 17.9 Å². The Hall–Kier alpha value is -1.60. The Morgan fingerprint density at radius 1 is 1.25 bits per heavy atom. The van der Waals surface area contributed by atoms with Crippen LogP contribution in [-0.4, -0.2) is 56.0 Å². The van der Waals surface area contributed by atoms with Crippen molar-refractivity contribution in [3.8, 4) is 5.75 Å². The summed E-state index contributed by atoms with van der Waals surface area (Å²) in [5.41, 5.74) is 0.497. The average Bonchev–Trinajstić information content (AvgIpc) is 3.16. The molecule has 0 aromatic heterocycles. The minimum Gasteiger partial charge on any atom is -0.497 e. The number of benzene rings is 1. The predicted molar refractivity (Wildman–Crippen MR) is 91.1 cm³/mol. The van der Waals surface area contributed by atoms with E-state index in [1.165, 1.54) is 4.31 Å². The highest BCUT2D eigenvalue weighted by Crippen LogP contribution is 2.42. The molecule has 1 amide bonds. The van der Waals surface area contributed by atoms with Gasteiger partial charge in [0.2, 0.25) is 15.9 Å². The summed E-state index contributed by atoms with van der Waals surface area (Å²) in [4.78, 5) is 14.8. The van der Waals surface area contributed by atoms with Crippen molar-refractivity contribution in [1.82, 2.24) is 9.21 Å². The van der Waals surface area contributed by atoms with Gasteiger partial charge in [-0.25, -0.2) is 12.7 Å². The summed E-state index contributed by atoms with van der Waals surface area (Å²) in [6.45, 7) is 3.64. The topological polar surface area (TPSA) is 66.9 Å². The van der Waals surface area contributed by atoms with E-state index in [1.54, 1.807) is 14.0 Å². The Balaban J connectivity index is 1.71. The van der Waals surface area contributed by atoms with Gasteiger partial charge in [0.1, 0.15) is 5.75 Å². The monoisotopic (exact) mass is 352 g/mol. The number of likely N-dealkylation sites (tertiary alicyclic amines) is 1. The Morgan fingerprint density at radius 2 is 2.00 bits per heavy atom. The van der Waals surface area contributed by atoms with E-state index in [9.17, 15) is 13.2 Å². The van der Waals surface area contributed by atoms with Gasteiger partial charge in [0.05, 0.1) is 18.3 Å². The number of sulfonamides is 1. The Labute approximate surface area is 143 Å². The molecule has 2 heterocycles. The molecule has 0 bridgehead atoms. The lowest BCUT2D eigenvalue weighted by molar-refractivity contribution is -0.135. The summed E-state index contributed by atoms with van der Waals surface area (Å²) in [7, 11) is -1.60. The van der Waals surface area contributed by atoms with Crippen molar-refractivity contribution in [3.05, 3.63) is 29.8 Å². The number of rotatable bonds is 5. The molecule has 0 unspecified atom stereocenters. The first-order chi connectivity index (χ1) is 11.4. The van der Waals surface area contributed by atoms with Gasteiger partial charge in [-0.2, -0.15) is 0 Å². The number of hydrogen-bond donors (Lipinski definition) is 0. The maximum absolute atomic E-state index is 12.9. The summed E-state index contributed by atoms with van der Waals surface area (Å²) in [6, 6.07) is 7.70. The highest BCUT2D eigenvalue weighted by Gasteiger charge is 2.52. The SMILES string of the molecule is CCS(=O)(=O)N1CC[C@@]2(CCN(Cc3cccc(OC)c3)C2=O)C1. The third kappa shape index (κ3) is 3.02. The van der Waals surface area contributed by atoms with Gasteiger partial charge in [0.15, 0.2) is 0 Å². The maximum Gasteiger partial charge on any atom is 0.230 e. The number of amides is 1. The van der Waals surface area contributed by atoms with Crippen LogP contribution in [0.25, 0.3) is 0 Å². The van der Waals surface area contributed by atoms with Crippen LogP contribution >= 0.6 is 0 Å². The predicted octanol–water partition coefficient (Wildman–Crippen LogP) is 1.47. The fraction of sp³-hybridized carbons (Fsp3) is 0.588. The van der Waals surface area contributed by atoms with Gasteiger partial charge in [0, 0.05) is 26.2 Å². The molecule has 1 aromatic carbocycles. The van der Waals surface area contributed by atoms with Gasteiger partial charge in [0.25, 0.3) is 0 Å². The van der Waals surface area contributed by atoms with Crippen LogP contribution in [0.15, 0.2) is 24.3 Å². The van der Waals surface area contributed by atoms with E-state index in [0.717, 1.165) is 17.7 Å². The highest BCUT2D eigenvalue weighted by atomic mass is 32.2. The number of methoxy groups -OCH3 is 1. The molecule has 1 spiro atoms. The third-order valence-corrected chi connectivity index (χ3v) is 7.01. The molecule has 1 atom stereocenters. The minimum atomic E-state index is -3.22. The Bertz CT molecular complexity index is 734. The molecule has 2 saturated heterocycles. The van der Waals surface area contributed by atoms with E-state index < -0.39 is 15.4 Å². The van der Waals surface area contributed by atoms with Gasteiger partial charge in [-0.05, 0) is 37.5 Å². The average molecular weight is 352 g/mol. The molecule has 0 N–H and O–H groups in total. The number of carbonyl (C=O) groups is 1. The van der Waals surface area contributed by atoms with Crippen LogP contribution < -0.4 is 4.74 Å². The molecular weight excluding hydrogens is 328 g/mol. The molecule has 24 heavy (non-hydrogen) atoms. The van der Waals surface area contributed by atoms with Crippen LogP contribution in [-0.2, 0) is 21.4 Å². The Morgan fingerprint density at radius 3 is 2.71 bits per heavy atom. The molecule has 0 aliphatic carbocycles. The summed E-state index contributed by atoms with van der Waals surface area (Å²) in [5, 5.41) is 0. The molecule has 6 nitrogen and oxygen atoms in total. The van der Waals surface area contributed by atoms with E-state index in [0.29, 0.717) is 32.6 Å². The molecule has 1 aromatic rings. The molecular formula is C17H24N2O4S. The lowest BCUT2D eigenvalue weighted by atomic mass is 9.86. The molecule has 3 rings (SSSR count). The maximum atomic E-state index is 12.9. The van der Waals surface area contributed by atoms with Crippen LogP contribution in [0.3, 0.4) is 0 Å². The van der Waals surface area contributed by atoms with E-state index in [2.05, 4.69) is 0 Å².